The average Bonchev–Trinajstić information content (AvgIpc) is 2.77. The van der Waals surface area contributed by atoms with Gasteiger partial charge < -0.3 is 10.6 Å². The first-order valence-electron chi connectivity index (χ1n) is 6.83. The van der Waals surface area contributed by atoms with Crippen molar-refractivity contribution < 1.29 is 0 Å². The molecule has 0 unspecified atom stereocenters. The Morgan fingerprint density at radius 1 is 1.21 bits per heavy atom. The number of halogens is 1. The third-order valence-electron chi connectivity index (χ3n) is 2.61. The Bertz CT molecular complexity index is 363. The molecule has 0 aliphatic rings. The van der Waals surface area contributed by atoms with Crippen LogP contribution >= 0.6 is 35.3 Å². The quantitative estimate of drug-likeness (QED) is 0.318. The summed E-state index contributed by atoms with van der Waals surface area (Å²) < 4.78 is 0. The van der Waals surface area contributed by atoms with Gasteiger partial charge in [0, 0.05) is 22.8 Å². The van der Waals surface area contributed by atoms with Crippen molar-refractivity contribution in [2.24, 2.45) is 4.99 Å². The summed E-state index contributed by atoms with van der Waals surface area (Å²) in [6, 6.07) is 4.31. The lowest BCUT2D eigenvalue weighted by atomic mass is 10.2. The number of thiophene rings is 1. The topological polar surface area (TPSA) is 36.4 Å². The maximum atomic E-state index is 4.60. The van der Waals surface area contributed by atoms with Crippen LogP contribution in [0.5, 0.6) is 0 Å². The van der Waals surface area contributed by atoms with Crippen LogP contribution in [0.4, 0.5) is 0 Å². The first-order valence-corrected chi connectivity index (χ1v) is 7.65. The fraction of sp³-hybridized carbons (Fsp3) is 0.643. The molecule has 3 nitrogen and oxygen atoms in total. The molecule has 1 rings (SSSR count). The molecule has 0 saturated heterocycles. The number of unbranched alkanes of at least 4 members (excludes halogenated alkanes) is 2. The minimum absolute atomic E-state index is 0. The number of guanidine groups is 1. The van der Waals surface area contributed by atoms with E-state index in [4.69, 9.17) is 0 Å². The Balaban J connectivity index is 0.00000324. The van der Waals surface area contributed by atoms with E-state index in [0.717, 1.165) is 25.6 Å². The Morgan fingerprint density at radius 3 is 2.58 bits per heavy atom. The third kappa shape index (κ3) is 8.47. The zero-order valence-electron chi connectivity index (χ0n) is 12.2. The van der Waals surface area contributed by atoms with Crippen LogP contribution in [0.15, 0.2) is 17.1 Å². The zero-order chi connectivity index (χ0) is 13.2. The molecule has 0 radical (unpaired) electrons. The van der Waals surface area contributed by atoms with Gasteiger partial charge in [-0.1, -0.05) is 19.8 Å². The molecule has 0 amide bonds. The predicted molar refractivity (Wildman–Crippen MR) is 96.8 cm³/mol. The molecule has 0 bridgehead atoms. The molecule has 1 aromatic heterocycles. The average molecular weight is 395 g/mol. The van der Waals surface area contributed by atoms with Crippen LogP contribution in [-0.4, -0.2) is 19.0 Å². The summed E-state index contributed by atoms with van der Waals surface area (Å²) in [5.74, 6) is 0.930. The highest BCUT2D eigenvalue weighted by Gasteiger charge is 1.98. The molecule has 0 saturated carbocycles. The molecule has 1 heterocycles. The number of aliphatic imine (C=N–C) groups is 1. The molecule has 0 aromatic carbocycles. The van der Waals surface area contributed by atoms with Crippen LogP contribution in [0.1, 0.15) is 42.9 Å². The number of rotatable bonds is 7. The highest BCUT2D eigenvalue weighted by molar-refractivity contribution is 14.0. The van der Waals surface area contributed by atoms with Crippen molar-refractivity contribution in [3.63, 3.8) is 0 Å². The summed E-state index contributed by atoms with van der Waals surface area (Å²) in [5.41, 5.74) is 0. The Hall–Kier alpha value is -0.300. The van der Waals surface area contributed by atoms with Gasteiger partial charge >= 0.3 is 0 Å². The van der Waals surface area contributed by atoms with E-state index in [1.54, 1.807) is 0 Å². The van der Waals surface area contributed by atoms with Crippen molar-refractivity contribution >= 4 is 41.3 Å². The van der Waals surface area contributed by atoms with Gasteiger partial charge in [0.2, 0.25) is 0 Å². The number of hydrogen-bond donors (Lipinski definition) is 2. The van der Waals surface area contributed by atoms with Gasteiger partial charge in [-0.05, 0) is 32.4 Å². The smallest absolute Gasteiger partial charge is 0.191 e. The normalized spacial score (nSPS) is 11.0. The van der Waals surface area contributed by atoms with E-state index in [9.17, 15) is 0 Å². The molecule has 0 atom stereocenters. The number of aryl methyl sites for hydroxylation is 1. The van der Waals surface area contributed by atoms with Crippen molar-refractivity contribution in [2.45, 2.75) is 46.6 Å². The molecule has 19 heavy (non-hydrogen) atoms. The van der Waals surface area contributed by atoms with Gasteiger partial charge in [0.25, 0.3) is 0 Å². The van der Waals surface area contributed by atoms with Crippen LogP contribution in [0.25, 0.3) is 0 Å². The van der Waals surface area contributed by atoms with Gasteiger partial charge in [-0.15, -0.1) is 35.3 Å². The molecule has 2 N–H and O–H groups in total. The molecule has 5 heteroatoms. The van der Waals surface area contributed by atoms with E-state index in [-0.39, 0.29) is 24.0 Å². The predicted octanol–water partition coefficient (Wildman–Crippen LogP) is 3.92. The molecule has 0 aliphatic heterocycles. The Kier molecular flexibility index (Phi) is 11.3. The molecular formula is C14H26IN3S. The third-order valence-corrected chi connectivity index (χ3v) is 3.59. The van der Waals surface area contributed by atoms with Gasteiger partial charge in [0.15, 0.2) is 5.96 Å². The second kappa shape index (κ2) is 11.5. The van der Waals surface area contributed by atoms with Crippen molar-refractivity contribution in [2.75, 3.05) is 13.1 Å². The molecular weight excluding hydrogens is 369 g/mol. The van der Waals surface area contributed by atoms with Crippen molar-refractivity contribution in [1.82, 2.24) is 10.6 Å². The zero-order valence-corrected chi connectivity index (χ0v) is 15.3. The van der Waals surface area contributed by atoms with E-state index >= 15 is 0 Å². The number of nitrogens with one attached hydrogen (secondary N) is 2. The second-order valence-corrected chi connectivity index (χ2v) is 5.71. The van der Waals surface area contributed by atoms with Crippen molar-refractivity contribution in [3.05, 3.63) is 21.9 Å². The van der Waals surface area contributed by atoms with Crippen molar-refractivity contribution in [1.29, 1.82) is 0 Å². The minimum atomic E-state index is 0. The summed E-state index contributed by atoms with van der Waals surface area (Å²) >= 11 is 1.82. The largest absolute Gasteiger partial charge is 0.357 e. The van der Waals surface area contributed by atoms with E-state index < -0.39 is 0 Å². The standard InChI is InChI=1S/C14H25N3S.HI/c1-4-6-7-10-16-14(15-5-2)17-11-13-9-8-12(3)18-13;/h8-9H,4-7,10-11H2,1-3H3,(H2,15,16,17);1H. The van der Waals surface area contributed by atoms with Crippen LogP contribution in [0.2, 0.25) is 0 Å². The highest BCUT2D eigenvalue weighted by Crippen LogP contribution is 2.15. The lowest BCUT2D eigenvalue weighted by Gasteiger charge is -2.10. The van der Waals surface area contributed by atoms with Gasteiger partial charge in [0.05, 0.1) is 6.54 Å². The maximum Gasteiger partial charge on any atom is 0.191 e. The number of hydrogen-bond acceptors (Lipinski definition) is 2. The van der Waals surface area contributed by atoms with Crippen LogP contribution < -0.4 is 10.6 Å². The van der Waals surface area contributed by atoms with Gasteiger partial charge in [-0.3, -0.25) is 0 Å². The summed E-state index contributed by atoms with van der Waals surface area (Å²) in [6.07, 6.45) is 3.74. The second-order valence-electron chi connectivity index (χ2n) is 4.34. The van der Waals surface area contributed by atoms with Crippen LogP contribution in [0, 0.1) is 6.92 Å². The molecule has 0 spiro atoms. The Morgan fingerprint density at radius 2 is 2.00 bits per heavy atom. The fourth-order valence-corrected chi connectivity index (χ4v) is 2.47. The van der Waals surface area contributed by atoms with E-state index in [1.807, 2.05) is 11.3 Å². The molecule has 0 aliphatic carbocycles. The van der Waals surface area contributed by atoms with Crippen LogP contribution in [0.3, 0.4) is 0 Å². The monoisotopic (exact) mass is 395 g/mol. The SMILES string of the molecule is CCCCCNC(=NCc1ccc(C)s1)NCC.I. The molecule has 0 fully saturated rings. The summed E-state index contributed by atoms with van der Waals surface area (Å²) in [7, 11) is 0. The molecule has 1 aromatic rings. The van der Waals surface area contributed by atoms with E-state index in [0.29, 0.717) is 0 Å². The van der Waals surface area contributed by atoms with Gasteiger partial charge in [-0.25, -0.2) is 4.99 Å². The highest BCUT2D eigenvalue weighted by atomic mass is 127. The first-order chi connectivity index (χ1) is 8.76. The molecule has 110 valence electrons. The summed E-state index contributed by atoms with van der Waals surface area (Å²) in [5, 5.41) is 6.66. The van der Waals surface area contributed by atoms with Crippen molar-refractivity contribution in [3.8, 4) is 0 Å². The van der Waals surface area contributed by atoms with Gasteiger partial charge in [0.1, 0.15) is 0 Å². The maximum absolute atomic E-state index is 4.60. The minimum Gasteiger partial charge on any atom is -0.357 e. The lowest BCUT2D eigenvalue weighted by molar-refractivity contribution is 0.683. The van der Waals surface area contributed by atoms with Gasteiger partial charge in [-0.2, -0.15) is 0 Å². The summed E-state index contributed by atoms with van der Waals surface area (Å²) in [4.78, 5) is 7.27. The summed E-state index contributed by atoms with van der Waals surface area (Å²) in [6.45, 7) is 9.12. The first kappa shape index (κ1) is 18.7. The lowest BCUT2D eigenvalue weighted by Crippen LogP contribution is -2.37. The fourth-order valence-electron chi connectivity index (χ4n) is 1.65. The van der Waals surface area contributed by atoms with E-state index in [2.05, 4.69) is 48.5 Å². The number of nitrogens with zero attached hydrogens (tertiary/aromatic N) is 1. The Labute approximate surface area is 138 Å². The van der Waals surface area contributed by atoms with E-state index in [1.165, 1.54) is 29.0 Å². The van der Waals surface area contributed by atoms with Crippen LogP contribution in [-0.2, 0) is 6.54 Å².